The molecule has 68 valence electrons. The van der Waals surface area contributed by atoms with Crippen molar-refractivity contribution < 1.29 is 4.79 Å². The van der Waals surface area contributed by atoms with Crippen LogP contribution in [0.3, 0.4) is 0 Å². The lowest BCUT2D eigenvalue weighted by molar-refractivity contribution is -0.124. The molecule has 2 N–H and O–H groups in total. The standard InChI is InChI=1S/C10H12N2O/c13-10-9(11-6-7-12-10)8-4-2-1-3-5-8/h1-5,9,11H,6-7H2,(H,12,13)/t9-/m0/s1. The lowest BCUT2D eigenvalue weighted by atomic mass is 10.1. The Bertz CT molecular complexity index is 297. The van der Waals surface area contributed by atoms with Crippen molar-refractivity contribution in [3.05, 3.63) is 35.9 Å². The molecule has 0 aromatic heterocycles. The van der Waals surface area contributed by atoms with Crippen LogP contribution >= 0.6 is 0 Å². The average Bonchev–Trinajstić information content (AvgIpc) is 2.20. The molecule has 1 aliphatic rings. The van der Waals surface area contributed by atoms with Gasteiger partial charge in [0.1, 0.15) is 6.04 Å². The van der Waals surface area contributed by atoms with Gasteiger partial charge in [0.2, 0.25) is 5.91 Å². The highest BCUT2D eigenvalue weighted by atomic mass is 16.2. The molecule has 3 heteroatoms. The predicted molar refractivity (Wildman–Crippen MR) is 50.2 cm³/mol. The van der Waals surface area contributed by atoms with Crippen LogP contribution in [0.1, 0.15) is 11.6 Å². The van der Waals surface area contributed by atoms with Crippen molar-refractivity contribution in [3.63, 3.8) is 0 Å². The SMILES string of the molecule is O=C1NCCN[C@H]1c1ccccc1. The van der Waals surface area contributed by atoms with Crippen LogP contribution in [-0.4, -0.2) is 19.0 Å². The molecular weight excluding hydrogens is 164 g/mol. The van der Waals surface area contributed by atoms with Gasteiger partial charge >= 0.3 is 0 Å². The van der Waals surface area contributed by atoms with Gasteiger partial charge in [0.25, 0.3) is 0 Å². The largest absolute Gasteiger partial charge is 0.353 e. The summed E-state index contributed by atoms with van der Waals surface area (Å²) in [6.07, 6.45) is 0. The summed E-state index contributed by atoms with van der Waals surface area (Å²) >= 11 is 0. The Labute approximate surface area is 77.1 Å². The zero-order valence-electron chi connectivity index (χ0n) is 7.29. The average molecular weight is 176 g/mol. The van der Waals surface area contributed by atoms with Crippen molar-refractivity contribution in [2.24, 2.45) is 0 Å². The molecule has 1 heterocycles. The number of hydrogen-bond donors (Lipinski definition) is 2. The van der Waals surface area contributed by atoms with Gasteiger partial charge in [-0.05, 0) is 5.56 Å². The molecule has 3 nitrogen and oxygen atoms in total. The van der Waals surface area contributed by atoms with Crippen LogP contribution in [0.25, 0.3) is 0 Å². The van der Waals surface area contributed by atoms with E-state index in [2.05, 4.69) is 10.6 Å². The Hall–Kier alpha value is -1.35. The van der Waals surface area contributed by atoms with Crippen LogP contribution in [0.4, 0.5) is 0 Å². The van der Waals surface area contributed by atoms with Crippen LogP contribution in [0.2, 0.25) is 0 Å². The lowest BCUT2D eigenvalue weighted by Crippen LogP contribution is -2.47. The number of benzene rings is 1. The molecule has 2 rings (SSSR count). The Morgan fingerprint density at radius 2 is 1.92 bits per heavy atom. The summed E-state index contributed by atoms with van der Waals surface area (Å²) in [5.74, 6) is 0.0671. The van der Waals surface area contributed by atoms with Gasteiger partial charge in [0, 0.05) is 13.1 Å². The van der Waals surface area contributed by atoms with Crippen molar-refractivity contribution in [2.45, 2.75) is 6.04 Å². The van der Waals surface area contributed by atoms with Gasteiger partial charge in [0.15, 0.2) is 0 Å². The topological polar surface area (TPSA) is 41.1 Å². The lowest BCUT2D eigenvalue weighted by Gasteiger charge is -2.23. The van der Waals surface area contributed by atoms with Crippen molar-refractivity contribution in [1.82, 2.24) is 10.6 Å². The number of carbonyl (C=O) groups excluding carboxylic acids is 1. The van der Waals surface area contributed by atoms with E-state index in [0.717, 1.165) is 18.7 Å². The molecule has 0 radical (unpaired) electrons. The van der Waals surface area contributed by atoms with E-state index >= 15 is 0 Å². The van der Waals surface area contributed by atoms with Gasteiger partial charge in [-0.25, -0.2) is 0 Å². The summed E-state index contributed by atoms with van der Waals surface area (Å²) in [5, 5.41) is 6.00. The second-order valence-electron chi connectivity index (χ2n) is 3.09. The van der Waals surface area contributed by atoms with Crippen molar-refractivity contribution in [1.29, 1.82) is 0 Å². The Morgan fingerprint density at radius 1 is 1.15 bits per heavy atom. The van der Waals surface area contributed by atoms with Crippen LogP contribution < -0.4 is 10.6 Å². The fourth-order valence-corrected chi connectivity index (χ4v) is 1.51. The minimum atomic E-state index is -0.171. The molecule has 1 amide bonds. The number of amides is 1. The van der Waals surface area contributed by atoms with Crippen LogP contribution in [0.5, 0.6) is 0 Å². The molecule has 0 bridgehead atoms. The maximum absolute atomic E-state index is 11.4. The highest BCUT2D eigenvalue weighted by molar-refractivity contribution is 5.83. The monoisotopic (exact) mass is 176 g/mol. The van der Waals surface area contributed by atoms with Gasteiger partial charge < -0.3 is 10.6 Å². The van der Waals surface area contributed by atoms with Gasteiger partial charge in [-0.1, -0.05) is 30.3 Å². The molecule has 1 fully saturated rings. The predicted octanol–water partition coefficient (Wildman–Crippen LogP) is 0.447. The highest BCUT2D eigenvalue weighted by Crippen LogP contribution is 2.13. The van der Waals surface area contributed by atoms with Crippen LogP contribution in [0.15, 0.2) is 30.3 Å². The highest BCUT2D eigenvalue weighted by Gasteiger charge is 2.22. The van der Waals surface area contributed by atoms with Crippen LogP contribution in [0, 0.1) is 0 Å². The Balaban J connectivity index is 2.20. The summed E-state index contributed by atoms with van der Waals surface area (Å²) in [5.41, 5.74) is 1.03. The van der Waals surface area contributed by atoms with E-state index in [1.807, 2.05) is 30.3 Å². The molecule has 1 aromatic rings. The van der Waals surface area contributed by atoms with E-state index in [9.17, 15) is 4.79 Å². The quantitative estimate of drug-likeness (QED) is 0.652. The van der Waals surface area contributed by atoms with Crippen molar-refractivity contribution in [3.8, 4) is 0 Å². The summed E-state index contributed by atoms with van der Waals surface area (Å²) in [6, 6.07) is 9.59. The molecule has 1 aliphatic heterocycles. The minimum absolute atomic E-state index is 0.0671. The fourth-order valence-electron chi connectivity index (χ4n) is 1.51. The molecule has 1 atom stereocenters. The van der Waals surface area contributed by atoms with Gasteiger partial charge in [-0.15, -0.1) is 0 Å². The van der Waals surface area contributed by atoms with Gasteiger partial charge in [-0.2, -0.15) is 0 Å². The number of rotatable bonds is 1. The summed E-state index contributed by atoms with van der Waals surface area (Å²) in [4.78, 5) is 11.4. The molecule has 1 aromatic carbocycles. The minimum Gasteiger partial charge on any atom is -0.353 e. The third-order valence-corrected chi connectivity index (χ3v) is 2.17. The summed E-state index contributed by atoms with van der Waals surface area (Å²) in [6.45, 7) is 1.56. The number of nitrogens with one attached hydrogen (secondary N) is 2. The Morgan fingerprint density at radius 3 is 2.62 bits per heavy atom. The van der Waals surface area contributed by atoms with E-state index in [0.29, 0.717) is 0 Å². The van der Waals surface area contributed by atoms with Crippen molar-refractivity contribution in [2.75, 3.05) is 13.1 Å². The second kappa shape index (κ2) is 3.58. The first-order valence-corrected chi connectivity index (χ1v) is 4.44. The first-order chi connectivity index (χ1) is 6.38. The molecule has 0 spiro atoms. The Kier molecular flexibility index (Phi) is 2.27. The molecule has 0 unspecified atom stereocenters. The summed E-state index contributed by atoms with van der Waals surface area (Å²) in [7, 11) is 0. The maximum atomic E-state index is 11.4. The number of carbonyl (C=O) groups is 1. The zero-order chi connectivity index (χ0) is 9.10. The molecular formula is C10H12N2O. The van der Waals surface area contributed by atoms with E-state index in [4.69, 9.17) is 0 Å². The first kappa shape index (κ1) is 8.26. The third kappa shape index (κ3) is 1.70. The van der Waals surface area contributed by atoms with E-state index in [1.54, 1.807) is 0 Å². The second-order valence-corrected chi connectivity index (χ2v) is 3.09. The smallest absolute Gasteiger partial charge is 0.241 e. The van der Waals surface area contributed by atoms with Crippen LogP contribution in [-0.2, 0) is 4.79 Å². The molecule has 0 aliphatic carbocycles. The zero-order valence-corrected chi connectivity index (χ0v) is 7.29. The van der Waals surface area contributed by atoms with E-state index in [1.165, 1.54) is 0 Å². The molecule has 13 heavy (non-hydrogen) atoms. The molecule has 0 saturated carbocycles. The van der Waals surface area contributed by atoms with E-state index < -0.39 is 0 Å². The van der Waals surface area contributed by atoms with Crippen molar-refractivity contribution >= 4 is 5.91 Å². The number of piperazine rings is 1. The van der Waals surface area contributed by atoms with Gasteiger partial charge in [-0.3, -0.25) is 4.79 Å². The summed E-state index contributed by atoms with van der Waals surface area (Å²) < 4.78 is 0. The van der Waals surface area contributed by atoms with Gasteiger partial charge in [0.05, 0.1) is 0 Å². The maximum Gasteiger partial charge on any atom is 0.241 e. The first-order valence-electron chi connectivity index (χ1n) is 4.44. The molecule has 1 saturated heterocycles. The third-order valence-electron chi connectivity index (χ3n) is 2.17. The number of hydrogen-bond acceptors (Lipinski definition) is 2. The fraction of sp³-hybridized carbons (Fsp3) is 0.300. The van der Waals surface area contributed by atoms with E-state index in [-0.39, 0.29) is 11.9 Å². The normalized spacial score (nSPS) is 22.5.